The van der Waals surface area contributed by atoms with Crippen LogP contribution in [-0.2, 0) is 9.59 Å². The molecule has 1 aliphatic heterocycles. The van der Waals surface area contributed by atoms with Crippen LogP contribution in [0, 0.1) is 5.92 Å². The molecular formula is C22H26N2O2. The number of anilines is 2. The molecule has 4 nitrogen and oxygen atoms in total. The van der Waals surface area contributed by atoms with Gasteiger partial charge in [-0.2, -0.15) is 0 Å². The van der Waals surface area contributed by atoms with Gasteiger partial charge in [-0.25, -0.2) is 0 Å². The molecule has 136 valence electrons. The van der Waals surface area contributed by atoms with Crippen molar-refractivity contribution in [2.45, 2.75) is 46.2 Å². The highest BCUT2D eigenvalue weighted by Crippen LogP contribution is 2.42. The number of amides is 2. The Kier molecular flexibility index (Phi) is 5.12. The molecule has 0 saturated carbocycles. The number of fused-ring (bicyclic) bond motifs is 1. The van der Waals surface area contributed by atoms with Crippen LogP contribution >= 0.6 is 0 Å². The van der Waals surface area contributed by atoms with Crippen molar-refractivity contribution in [2.24, 2.45) is 5.92 Å². The van der Waals surface area contributed by atoms with Gasteiger partial charge in [-0.1, -0.05) is 50.2 Å². The largest absolute Gasteiger partial charge is 0.309 e. The summed E-state index contributed by atoms with van der Waals surface area (Å²) in [6.45, 7) is 7.52. The fraction of sp³-hybridized carbons (Fsp3) is 0.364. The number of rotatable bonds is 3. The zero-order chi connectivity index (χ0) is 18.8. The Bertz CT molecular complexity index is 801. The predicted octanol–water partition coefficient (Wildman–Crippen LogP) is 4.56. The van der Waals surface area contributed by atoms with Gasteiger partial charge in [0.05, 0.1) is 6.04 Å². The summed E-state index contributed by atoms with van der Waals surface area (Å²) in [5.41, 5.74) is 2.83. The first kappa shape index (κ1) is 18.2. The quantitative estimate of drug-likeness (QED) is 0.814. The fourth-order valence-corrected chi connectivity index (χ4v) is 3.81. The third-order valence-electron chi connectivity index (χ3n) is 4.98. The van der Waals surface area contributed by atoms with E-state index in [1.165, 1.54) is 0 Å². The van der Waals surface area contributed by atoms with Crippen LogP contribution in [0.4, 0.5) is 11.4 Å². The lowest BCUT2D eigenvalue weighted by molar-refractivity contribution is -0.122. The van der Waals surface area contributed by atoms with Crippen LogP contribution in [0.15, 0.2) is 54.6 Å². The number of para-hydroxylation sites is 2. The number of hydrogen-bond donors (Lipinski definition) is 0. The van der Waals surface area contributed by atoms with E-state index in [9.17, 15) is 9.59 Å². The highest BCUT2D eigenvalue weighted by atomic mass is 16.2. The van der Waals surface area contributed by atoms with Crippen LogP contribution in [-0.4, -0.2) is 17.9 Å². The molecule has 26 heavy (non-hydrogen) atoms. The van der Waals surface area contributed by atoms with Crippen molar-refractivity contribution in [3.8, 4) is 0 Å². The number of carbonyl (C=O) groups is 2. The molecule has 0 unspecified atom stereocenters. The highest BCUT2D eigenvalue weighted by molar-refractivity contribution is 5.98. The second-order valence-electron chi connectivity index (χ2n) is 7.25. The molecule has 0 fully saturated rings. The van der Waals surface area contributed by atoms with Crippen molar-refractivity contribution in [3.63, 3.8) is 0 Å². The number of hydrogen-bond acceptors (Lipinski definition) is 2. The van der Waals surface area contributed by atoms with E-state index in [2.05, 4.69) is 6.92 Å². The topological polar surface area (TPSA) is 40.6 Å². The second kappa shape index (κ2) is 7.32. The molecule has 0 radical (unpaired) electrons. The molecule has 0 N–H and O–H groups in total. The van der Waals surface area contributed by atoms with Gasteiger partial charge < -0.3 is 9.80 Å². The summed E-state index contributed by atoms with van der Waals surface area (Å²) in [6.07, 6.45) is 0.712. The number of benzene rings is 2. The molecular weight excluding hydrogens is 324 g/mol. The Morgan fingerprint density at radius 3 is 2.27 bits per heavy atom. The van der Waals surface area contributed by atoms with Gasteiger partial charge in [0.1, 0.15) is 0 Å². The molecule has 1 aliphatic rings. The van der Waals surface area contributed by atoms with Crippen LogP contribution < -0.4 is 9.80 Å². The van der Waals surface area contributed by atoms with E-state index in [0.29, 0.717) is 6.42 Å². The first-order chi connectivity index (χ1) is 12.4. The molecule has 0 aromatic heterocycles. The van der Waals surface area contributed by atoms with E-state index < -0.39 is 0 Å². The number of carbonyl (C=O) groups excluding carboxylic acids is 2. The molecule has 2 aromatic carbocycles. The van der Waals surface area contributed by atoms with E-state index in [0.717, 1.165) is 16.9 Å². The fourth-order valence-electron chi connectivity index (χ4n) is 3.81. The Balaban J connectivity index is 2.10. The minimum atomic E-state index is -0.0858. The SMILES string of the molecule is CC(=O)N(c1ccccc1)[C@H]1C[C@@H](C)N(C(=O)C(C)C)c2ccccc21. The Hall–Kier alpha value is -2.62. The Morgan fingerprint density at radius 1 is 1.04 bits per heavy atom. The monoisotopic (exact) mass is 350 g/mol. The molecule has 0 bridgehead atoms. The minimum absolute atomic E-state index is 0.00633. The van der Waals surface area contributed by atoms with Gasteiger partial charge in [0, 0.05) is 30.3 Å². The molecule has 1 heterocycles. The van der Waals surface area contributed by atoms with Gasteiger partial charge in [0.2, 0.25) is 11.8 Å². The van der Waals surface area contributed by atoms with Crippen molar-refractivity contribution in [1.82, 2.24) is 0 Å². The first-order valence-corrected chi connectivity index (χ1v) is 9.18. The lowest BCUT2D eigenvalue weighted by Gasteiger charge is -2.43. The van der Waals surface area contributed by atoms with E-state index in [-0.39, 0.29) is 29.8 Å². The molecule has 2 atom stereocenters. The maximum atomic E-state index is 12.8. The Morgan fingerprint density at radius 2 is 1.65 bits per heavy atom. The second-order valence-corrected chi connectivity index (χ2v) is 7.25. The molecule has 4 heteroatoms. The minimum Gasteiger partial charge on any atom is -0.309 e. The van der Waals surface area contributed by atoms with E-state index in [1.54, 1.807) is 6.92 Å². The summed E-state index contributed by atoms with van der Waals surface area (Å²) in [5, 5.41) is 0. The maximum Gasteiger partial charge on any atom is 0.229 e. The van der Waals surface area contributed by atoms with Crippen LogP contribution in [0.5, 0.6) is 0 Å². The summed E-state index contributed by atoms with van der Waals surface area (Å²) >= 11 is 0. The van der Waals surface area contributed by atoms with Gasteiger partial charge in [0.25, 0.3) is 0 Å². The van der Waals surface area contributed by atoms with Crippen molar-refractivity contribution < 1.29 is 9.59 Å². The number of nitrogens with zero attached hydrogens (tertiary/aromatic N) is 2. The molecule has 2 aromatic rings. The van der Waals surface area contributed by atoms with Gasteiger partial charge in [-0.3, -0.25) is 9.59 Å². The molecule has 3 rings (SSSR count). The van der Waals surface area contributed by atoms with Gasteiger partial charge in [0.15, 0.2) is 0 Å². The molecule has 0 saturated heterocycles. The normalized spacial score (nSPS) is 19.2. The summed E-state index contributed by atoms with van der Waals surface area (Å²) < 4.78 is 0. The van der Waals surface area contributed by atoms with E-state index in [4.69, 9.17) is 0 Å². The van der Waals surface area contributed by atoms with Crippen molar-refractivity contribution in [1.29, 1.82) is 0 Å². The van der Waals surface area contributed by atoms with Crippen molar-refractivity contribution in [3.05, 3.63) is 60.2 Å². The van der Waals surface area contributed by atoms with Crippen LogP contribution in [0.2, 0.25) is 0 Å². The smallest absolute Gasteiger partial charge is 0.229 e. The van der Waals surface area contributed by atoms with E-state index >= 15 is 0 Å². The summed E-state index contributed by atoms with van der Waals surface area (Å²) in [5.74, 6) is 0.0596. The standard InChI is InChI=1S/C22H26N2O2/c1-15(2)22(26)23-16(3)14-21(19-12-8-9-13-20(19)23)24(17(4)25)18-10-6-5-7-11-18/h5-13,15-16,21H,14H2,1-4H3/t16-,21+/m1/s1. The lowest BCUT2D eigenvalue weighted by Crippen LogP contribution is -2.48. The zero-order valence-electron chi connectivity index (χ0n) is 15.8. The summed E-state index contributed by atoms with van der Waals surface area (Å²) in [7, 11) is 0. The van der Waals surface area contributed by atoms with Crippen LogP contribution in [0.25, 0.3) is 0 Å². The molecule has 0 aliphatic carbocycles. The molecule has 0 spiro atoms. The van der Waals surface area contributed by atoms with E-state index in [1.807, 2.05) is 78.2 Å². The first-order valence-electron chi connectivity index (χ1n) is 9.18. The lowest BCUT2D eigenvalue weighted by atomic mass is 9.89. The third-order valence-corrected chi connectivity index (χ3v) is 4.98. The highest BCUT2D eigenvalue weighted by Gasteiger charge is 2.38. The predicted molar refractivity (Wildman–Crippen MR) is 105 cm³/mol. The van der Waals surface area contributed by atoms with Crippen molar-refractivity contribution >= 4 is 23.2 Å². The third kappa shape index (κ3) is 3.24. The zero-order valence-corrected chi connectivity index (χ0v) is 15.8. The van der Waals surface area contributed by atoms with Gasteiger partial charge in [-0.05, 0) is 37.1 Å². The summed E-state index contributed by atoms with van der Waals surface area (Å²) in [6, 6.07) is 17.6. The summed E-state index contributed by atoms with van der Waals surface area (Å²) in [4.78, 5) is 29.1. The Labute approximate surface area is 155 Å². The van der Waals surface area contributed by atoms with Gasteiger partial charge in [-0.15, -0.1) is 0 Å². The average Bonchev–Trinajstić information content (AvgIpc) is 2.62. The average molecular weight is 350 g/mol. The van der Waals surface area contributed by atoms with Crippen LogP contribution in [0.3, 0.4) is 0 Å². The molecule has 2 amide bonds. The van der Waals surface area contributed by atoms with Crippen LogP contribution in [0.1, 0.15) is 45.7 Å². The maximum absolute atomic E-state index is 12.8. The van der Waals surface area contributed by atoms with Crippen molar-refractivity contribution in [2.75, 3.05) is 9.80 Å². The van der Waals surface area contributed by atoms with Gasteiger partial charge >= 0.3 is 0 Å².